The largest absolute Gasteiger partial charge is 0.459 e. The molecular formula is C23H26F2O3. The van der Waals surface area contributed by atoms with Crippen molar-refractivity contribution in [3.63, 3.8) is 0 Å². The molecule has 1 aliphatic rings. The Morgan fingerprint density at radius 1 is 0.964 bits per heavy atom. The van der Waals surface area contributed by atoms with E-state index in [0.717, 1.165) is 45.1 Å². The molecule has 0 radical (unpaired) electrons. The summed E-state index contributed by atoms with van der Waals surface area (Å²) < 4.78 is 38.8. The Bertz CT molecular complexity index is 781. The van der Waals surface area contributed by atoms with E-state index in [0.29, 0.717) is 11.1 Å². The van der Waals surface area contributed by atoms with Gasteiger partial charge in [-0.2, -0.15) is 0 Å². The van der Waals surface area contributed by atoms with Crippen LogP contribution in [-0.2, 0) is 9.47 Å². The molecule has 0 heterocycles. The first-order chi connectivity index (χ1) is 13.6. The molecule has 2 aromatic rings. The lowest BCUT2D eigenvalue weighted by Crippen LogP contribution is -2.28. The van der Waals surface area contributed by atoms with Crippen molar-refractivity contribution in [2.24, 2.45) is 0 Å². The fourth-order valence-corrected chi connectivity index (χ4v) is 3.43. The summed E-state index contributed by atoms with van der Waals surface area (Å²) in [6, 6.07) is 10.1. The molecule has 28 heavy (non-hydrogen) atoms. The van der Waals surface area contributed by atoms with Crippen LogP contribution in [0.3, 0.4) is 0 Å². The molecule has 1 saturated carbocycles. The zero-order valence-corrected chi connectivity index (χ0v) is 16.1. The lowest BCUT2D eigenvalue weighted by molar-refractivity contribution is -0.0203. The first-order valence-electron chi connectivity index (χ1n) is 9.95. The summed E-state index contributed by atoms with van der Waals surface area (Å²) >= 11 is 0. The number of halogens is 2. The fourth-order valence-electron chi connectivity index (χ4n) is 3.43. The number of hydrogen-bond acceptors (Lipinski definition) is 3. The fraction of sp³-hybridized carbons (Fsp3) is 0.435. The zero-order chi connectivity index (χ0) is 19.9. The van der Waals surface area contributed by atoms with Gasteiger partial charge in [0.05, 0.1) is 11.7 Å². The van der Waals surface area contributed by atoms with Crippen molar-refractivity contribution < 1.29 is 23.0 Å². The van der Waals surface area contributed by atoms with Crippen molar-refractivity contribution in [3.05, 3.63) is 59.7 Å². The van der Waals surface area contributed by atoms with E-state index in [2.05, 4.69) is 6.92 Å². The molecular weight excluding hydrogens is 362 g/mol. The summed E-state index contributed by atoms with van der Waals surface area (Å²) in [5, 5.41) is 0. The quantitative estimate of drug-likeness (QED) is 0.436. The zero-order valence-electron chi connectivity index (χ0n) is 16.1. The molecule has 0 aromatic heterocycles. The third-order valence-electron chi connectivity index (χ3n) is 5.11. The second-order valence-corrected chi connectivity index (χ2v) is 7.23. The van der Waals surface area contributed by atoms with Gasteiger partial charge >= 0.3 is 5.97 Å². The van der Waals surface area contributed by atoms with Crippen LogP contribution in [0.15, 0.2) is 42.5 Å². The van der Waals surface area contributed by atoms with E-state index < -0.39 is 11.8 Å². The number of ether oxygens (including phenoxy) is 2. The predicted octanol–water partition coefficient (Wildman–Crippen LogP) is 5.92. The maximum absolute atomic E-state index is 14.5. The van der Waals surface area contributed by atoms with Gasteiger partial charge < -0.3 is 9.47 Å². The van der Waals surface area contributed by atoms with Gasteiger partial charge in [0.15, 0.2) is 0 Å². The highest BCUT2D eigenvalue weighted by molar-refractivity contribution is 5.90. The van der Waals surface area contributed by atoms with Gasteiger partial charge in [0.2, 0.25) is 0 Å². The smallest absolute Gasteiger partial charge is 0.341 e. The van der Waals surface area contributed by atoms with Crippen LogP contribution in [-0.4, -0.2) is 24.8 Å². The molecule has 0 N–H and O–H groups in total. The second-order valence-electron chi connectivity index (χ2n) is 7.23. The normalized spacial score (nSPS) is 19.4. The van der Waals surface area contributed by atoms with Gasteiger partial charge in [0.1, 0.15) is 17.7 Å². The Balaban J connectivity index is 1.55. The molecule has 0 aliphatic heterocycles. The summed E-state index contributed by atoms with van der Waals surface area (Å²) in [7, 11) is 0. The Morgan fingerprint density at radius 2 is 1.61 bits per heavy atom. The number of unbranched alkanes of at least 4 members (excludes halogenated alkanes) is 1. The minimum atomic E-state index is -0.640. The van der Waals surface area contributed by atoms with Gasteiger partial charge in [-0.05, 0) is 67.5 Å². The molecule has 150 valence electrons. The standard InChI is InChI=1S/C23H26F2O3/c1-2-3-14-27-19-9-11-20(12-10-19)28-23(26)21-13-6-17(15-22(21)25)16-4-7-18(24)8-5-16/h4-8,13,15,19-20H,2-3,9-12,14H2,1H3/t19-,20-. The van der Waals surface area contributed by atoms with Gasteiger partial charge in [0, 0.05) is 6.61 Å². The van der Waals surface area contributed by atoms with Crippen LogP contribution in [0.1, 0.15) is 55.8 Å². The minimum Gasteiger partial charge on any atom is -0.459 e. The van der Waals surface area contributed by atoms with Gasteiger partial charge in [-0.1, -0.05) is 31.5 Å². The number of carbonyl (C=O) groups excluding carboxylic acids is 1. The maximum Gasteiger partial charge on any atom is 0.341 e. The average Bonchev–Trinajstić information content (AvgIpc) is 2.70. The van der Waals surface area contributed by atoms with Crippen LogP contribution < -0.4 is 0 Å². The summed E-state index contributed by atoms with van der Waals surface area (Å²) in [5.74, 6) is -1.63. The van der Waals surface area contributed by atoms with Crippen molar-refractivity contribution in [3.8, 4) is 11.1 Å². The lowest BCUT2D eigenvalue weighted by Gasteiger charge is -2.28. The molecule has 0 atom stereocenters. The molecule has 1 fully saturated rings. The highest BCUT2D eigenvalue weighted by atomic mass is 19.1. The maximum atomic E-state index is 14.5. The van der Waals surface area contributed by atoms with Crippen LogP contribution in [0, 0.1) is 11.6 Å². The monoisotopic (exact) mass is 388 g/mol. The van der Waals surface area contributed by atoms with Gasteiger partial charge in [-0.25, -0.2) is 13.6 Å². The molecule has 5 heteroatoms. The molecule has 0 unspecified atom stereocenters. The third kappa shape index (κ3) is 5.38. The Kier molecular flexibility index (Phi) is 7.15. The van der Waals surface area contributed by atoms with Crippen LogP contribution in [0.2, 0.25) is 0 Å². The van der Waals surface area contributed by atoms with Crippen molar-refractivity contribution in [1.82, 2.24) is 0 Å². The number of rotatable bonds is 7. The Labute approximate surface area is 164 Å². The molecule has 1 aliphatic carbocycles. The Morgan fingerprint density at radius 3 is 2.25 bits per heavy atom. The van der Waals surface area contributed by atoms with Crippen molar-refractivity contribution in [1.29, 1.82) is 0 Å². The van der Waals surface area contributed by atoms with Crippen molar-refractivity contribution >= 4 is 5.97 Å². The predicted molar refractivity (Wildman–Crippen MR) is 104 cm³/mol. The van der Waals surface area contributed by atoms with E-state index in [9.17, 15) is 13.6 Å². The second kappa shape index (κ2) is 9.78. The number of hydrogen-bond donors (Lipinski definition) is 0. The first kappa shape index (κ1) is 20.5. The van der Waals surface area contributed by atoms with E-state index in [1.165, 1.54) is 24.3 Å². The Hall–Kier alpha value is -2.27. The summed E-state index contributed by atoms with van der Waals surface area (Å²) in [5.41, 5.74) is 1.19. The highest BCUT2D eigenvalue weighted by Crippen LogP contribution is 2.26. The SMILES string of the molecule is CCCCO[C@H]1CC[C@H](OC(=O)c2ccc(-c3ccc(F)cc3)cc2F)CC1. The van der Waals surface area contributed by atoms with Crippen molar-refractivity contribution in [2.75, 3.05) is 6.61 Å². The van der Waals surface area contributed by atoms with Crippen LogP contribution in [0.5, 0.6) is 0 Å². The number of carbonyl (C=O) groups is 1. The molecule has 0 spiro atoms. The van der Waals surface area contributed by atoms with Crippen molar-refractivity contribution in [2.45, 2.75) is 57.7 Å². The van der Waals surface area contributed by atoms with E-state index in [1.54, 1.807) is 18.2 Å². The molecule has 0 saturated heterocycles. The summed E-state index contributed by atoms with van der Waals surface area (Å²) in [6.45, 7) is 2.91. The average molecular weight is 388 g/mol. The van der Waals surface area contributed by atoms with E-state index in [-0.39, 0.29) is 23.6 Å². The molecule has 0 amide bonds. The van der Waals surface area contributed by atoms with Gasteiger partial charge in [0.25, 0.3) is 0 Å². The topological polar surface area (TPSA) is 35.5 Å². The highest BCUT2D eigenvalue weighted by Gasteiger charge is 2.25. The lowest BCUT2D eigenvalue weighted by atomic mass is 9.95. The summed E-state index contributed by atoms with van der Waals surface area (Å²) in [6.07, 6.45) is 5.38. The molecule has 0 bridgehead atoms. The van der Waals surface area contributed by atoms with E-state index in [4.69, 9.17) is 9.47 Å². The van der Waals surface area contributed by atoms with E-state index >= 15 is 0 Å². The number of benzene rings is 2. The van der Waals surface area contributed by atoms with Crippen LogP contribution in [0.25, 0.3) is 11.1 Å². The van der Waals surface area contributed by atoms with Crippen LogP contribution >= 0.6 is 0 Å². The molecule has 3 nitrogen and oxygen atoms in total. The summed E-state index contributed by atoms with van der Waals surface area (Å²) in [4.78, 5) is 12.4. The van der Waals surface area contributed by atoms with Crippen LogP contribution in [0.4, 0.5) is 8.78 Å². The minimum absolute atomic E-state index is 0.0767. The molecule has 2 aromatic carbocycles. The number of esters is 1. The van der Waals surface area contributed by atoms with Gasteiger partial charge in [-0.3, -0.25) is 0 Å². The molecule has 3 rings (SSSR count). The van der Waals surface area contributed by atoms with E-state index in [1.807, 2.05) is 0 Å². The first-order valence-corrected chi connectivity index (χ1v) is 9.95. The van der Waals surface area contributed by atoms with Gasteiger partial charge in [-0.15, -0.1) is 0 Å². The third-order valence-corrected chi connectivity index (χ3v) is 5.11.